The summed E-state index contributed by atoms with van der Waals surface area (Å²) in [4.78, 5) is 41.8. The topological polar surface area (TPSA) is 95.9 Å². The number of carbonyl (C=O) groups is 3. The lowest BCUT2D eigenvalue weighted by Gasteiger charge is -2.31. The van der Waals surface area contributed by atoms with Crippen molar-refractivity contribution in [2.75, 3.05) is 6.61 Å². The van der Waals surface area contributed by atoms with Crippen LogP contribution in [0.4, 0.5) is 0 Å². The normalized spacial score (nSPS) is 25.1. The average Bonchev–Trinajstić information content (AvgIpc) is 3.39. The van der Waals surface area contributed by atoms with Crippen LogP contribution >= 0.6 is 0 Å². The van der Waals surface area contributed by atoms with E-state index >= 15 is 0 Å². The monoisotopic (exact) mass is 484 g/mol. The predicted molar refractivity (Wildman–Crippen MR) is 133 cm³/mol. The van der Waals surface area contributed by atoms with Gasteiger partial charge in [0.2, 0.25) is 11.8 Å². The van der Waals surface area contributed by atoms with Gasteiger partial charge < -0.3 is 9.84 Å². The summed E-state index contributed by atoms with van der Waals surface area (Å²) >= 11 is 0. The fraction of sp³-hybridized carbons (Fsp3) is 0.276. The van der Waals surface area contributed by atoms with Gasteiger partial charge in [-0.1, -0.05) is 79.7 Å². The Kier molecular flexibility index (Phi) is 6.33. The number of carbonyl (C=O) groups excluding carboxylic acids is 2. The minimum absolute atomic E-state index is 0.104. The number of nitrogens with zero attached hydrogens (tertiary/aromatic N) is 1. The van der Waals surface area contributed by atoms with Crippen molar-refractivity contribution in [2.24, 2.45) is 11.8 Å². The number of carboxylic acids is 1. The van der Waals surface area contributed by atoms with E-state index in [0.29, 0.717) is 17.9 Å². The Morgan fingerprint density at radius 1 is 0.944 bits per heavy atom. The lowest BCUT2D eigenvalue weighted by atomic mass is 9.75. The first-order valence-electron chi connectivity index (χ1n) is 12.2. The molecule has 2 aliphatic rings. The fourth-order valence-corrected chi connectivity index (χ4v) is 5.45. The number of fused-ring (bicyclic) bond motifs is 1. The van der Waals surface area contributed by atoms with Gasteiger partial charge in [0.1, 0.15) is 5.75 Å². The highest BCUT2D eigenvalue weighted by molar-refractivity contribution is 6.09. The summed E-state index contributed by atoms with van der Waals surface area (Å²) in [5.74, 6) is -3.27. The first-order chi connectivity index (χ1) is 17.5. The molecule has 0 aliphatic carbocycles. The summed E-state index contributed by atoms with van der Waals surface area (Å²) in [5.41, 5.74) is 0.240. The third-order valence-corrected chi connectivity index (χ3v) is 7.11. The first-order valence-corrected chi connectivity index (χ1v) is 12.2. The van der Waals surface area contributed by atoms with Crippen LogP contribution in [-0.4, -0.2) is 34.4 Å². The molecule has 184 valence electrons. The van der Waals surface area contributed by atoms with Crippen LogP contribution in [0.15, 0.2) is 84.9 Å². The van der Waals surface area contributed by atoms with Crippen molar-refractivity contribution in [3.05, 3.63) is 102 Å². The number of hydrogen-bond donors (Lipinski definition) is 2. The zero-order chi connectivity index (χ0) is 25.3. The van der Waals surface area contributed by atoms with Gasteiger partial charge in [-0.05, 0) is 35.2 Å². The average molecular weight is 485 g/mol. The summed E-state index contributed by atoms with van der Waals surface area (Å²) in [6, 6.07) is 24.6. The second-order valence-electron chi connectivity index (χ2n) is 9.27. The van der Waals surface area contributed by atoms with Crippen LogP contribution in [0.5, 0.6) is 5.75 Å². The van der Waals surface area contributed by atoms with E-state index in [9.17, 15) is 19.5 Å². The Labute approximate surface area is 209 Å². The number of imide groups is 1. The number of ether oxygens (including phenoxy) is 1. The molecule has 2 N–H and O–H groups in total. The lowest BCUT2D eigenvalue weighted by Crippen LogP contribution is -2.53. The van der Waals surface area contributed by atoms with Crippen molar-refractivity contribution in [3.8, 4) is 5.75 Å². The zero-order valence-corrected chi connectivity index (χ0v) is 20.0. The molecule has 0 radical (unpaired) electrons. The van der Waals surface area contributed by atoms with Gasteiger partial charge in [0.15, 0.2) is 5.54 Å². The fourth-order valence-electron chi connectivity index (χ4n) is 5.45. The van der Waals surface area contributed by atoms with Crippen molar-refractivity contribution in [3.63, 3.8) is 0 Å². The largest absolute Gasteiger partial charge is 0.494 e. The summed E-state index contributed by atoms with van der Waals surface area (Å²) < 4.78 is 5.69. The number of likely N-dealkylation sites (tertiary alicyclic amines) is 1. The van der Waals surface area contributed by atoms with E-state index in [4.69, 9.17) is 4.74 Å². The first kappa shape index (κ1) is 23.8. The molecule has 36 heavy (non-hydrogen) atoms. The second kappa shape index (κ2) is 9.59. The van der Waals surface area contributed by atoms with Crippen LogP contribution in [0.25, 0.3) is 0 Å². The third kappa shape index (κ3) is 3.85. The van der Waals surface area contributed by atoms with E-state index in [0.717, 1.165) is 17.5 Å². The maximum absolute atomic E-state index is 13.8. The van der Waals surface area contributed by atoms with Gasteiger partial charge in [-0.2, -0.15) is 0 Å². The Morgan fingerprint density at radius 3 is 2.19 bits per heavy atom. The summed E-state index contributed by atoms with van der Waals surface area (Å²) in [6.45, 7) is 2.71. The molecule has 2 saturated heterocycles. The van der Waals surface area contributed by atoms with E-state index in [-0.39, 0.29) is 12.5 Å². The standard InChI is InChI=1S/C29H28N2O5/c1-2-17-36-22-15-13-20(14-16-22)25-23-24(29(30-25,28(34)35)21-11-7-4-8-12-21)27(33)31(26(23)32)18-19-9-5-3-6-10-19/h3-16,23-25,30H,2,17-18H2,1H3,(H,34,35). The summed E-state index contributed by atoms with van der Waals surface area (Å²) in [5, 5.41) is 13.8. The molecule has 0 saturated carbocycles. The summed E-state index contributed by atoms with van der Waals surface area (Å²) in [6.07, 6.45) is 0.877. The number of nitrogens with one attached hydrogen (secondary N) is 1. The van der Waals surface area contributed by atoms with Crippen LogP contribution in [0, 0.1) is 11.8 Å². The smallest absolute Gasteiger partial charge is 0.329 e. The van der Waals surface area contributed by atoms with E-state index in [1.165, 1.54) is 4.90 Å². The molecule has 3 aromatic carbocycles. The number of aliphatic carboxylic acids is 1. The van der Waals surface area contributed by atoms with Gasteiger partial charge in [0.05, 0.1) is 25.0 Å². The molecule has 2 aliphatic heterocycles. The summed E-state index contributed by atoms with van der Waals surface area (Å²) in [7, 11) is 0. The number of hydrogen-bond acceptors (Lipinski definition) is 5. The van der Waals surface area contributed by atoms with E-state index in [1.807, 2.05) is 61.5 Å². The Balaban J connectivity index is 1.59. The molecule has 2 heterocycles. The van der Waals surface area contributed by atoms with E-state index < -0.39 is 35.3 Å². The maximum atomic E-state index is 13.8. The molecule has 0 spiro atoms. The zero-order valence-electron chi connectivity index (χ0n) is 20.0. The molecule has 4 unspecified atom stereocenters. The maximum Gasteiger partial charge on any atom is 0.329 e. The second-order valence-corrected chi connectivity index (χ2v) is 9.27. The number of rotatable bonds is 8. The molecule has 7 nitrogen and oxygen atoms in total. The van der Waals surface area contributed by atoms with Crippen molar-refractivity contribution in [1.29, 1.82) is 0 Å². The molecule has 5 rings (SSSR count). The molecule has 7 heteroatoms. The van der Waals surface area contributed by atoms with Crippen LogP contribution in [0.3, 0.4) is 0 Å². The number of carboxylic acid groups (broad SMARTS) is 1. The molecule has 3 aromatic rings. The van der Waals surface area contributed by atoms with Gasteiger partial charge in [-0.3, -0.25) is 19.8 Å². The minimum Gasteiger partial charge on any atom is -0.494 e. The van der Waals surface area contributed by atoms with Crippen LogP contribution in [-0.2, 0) is 26.5 Å². The Bertz CT molecular complexity index is 1260. The molecule has 2 amide bonds. The Hall–Kier alpha value is -3.97. The van der Waals surface area contributed by atoms with Crippen molar-refractivity contribution < 1.29 is 24.2 Å². The minimum atomic E-state index is -1.74. The van der Waals surface area contributed by atoms with Gasteiger partial charge in [-0.15, -0.1) is 0 Å². The molecular weight excluding hydrogens is 456 g/mol. The van der Waals surface area contributed by atoms with Crippen LogP contribution in [0.2, 0.25) is 0 Å². The molecule has 0 bridgehead atoms. The number of benzene rings is 3. The molecule has 0 aromatic heterocycles. The molecule has 4 atom stereocenters. The van der Waals surface area contributed by atoms with Crippen molar-refractivity contribution in [1.82, 2.24) is 10.2 Å². The van der Waals surface area contributed by atoms with Crippen molar-refractivity contribution >= 4 is 17.8 Å². The molecule has 2 fully saturated rings. The third-order valence-electron chi connectivity index (χ3n) is 7.11. The van der Waals surface area contributed by atoms with Gasteiger partial charge in [0.25, 0.3) is 0 Å². The highest BCUT2D eigenvalue weighted by Crippen LogP contribution is 2.53. The van der Waals surface area contributed by atoms with E-state index in [2.05, 4.69) is 5.32 Å². The van der Waals surface area contributed by atoms with Gasteiger partial charge >= 0.3 is 5.97 Å². The highest BCUT2D eigenvalue weighted by atomic mass is 16.5. The lowest BCUT2D eigenvalue weighted by molar-refractivity contribution is -0.152. The number of amides is 2. The van der Waals surface area contributed by atoms with Crippen LogP contribution in [0.1, 0.15) is 36.1 Å². The molecular formula is C29H28N2O5. The Morgan fingerprint density at radius 2 is 1.58 bits per heavy atom. The quantitative estimate of drug-likeness (QED) is 0.471. The van der Waals surface area contributed by atoms with Crippen LogP contribution < -0.4 is 10.1 Å². The van der Waals surface area contributed by atoms with E-state index in [1.54, 1.807) is 30.3 Å². The SMILES string of the molecule is CCCOc1ccc(C2NC(C(=O)O)(c3ccccc3)C3C(=O)N(Cc4ccccc4)C(=O)C23)cc1. The van der Waals surface area contributed by atoms with Gasteiger partial charge in [-0.25, -0.2) is 4.79 Å². The highest BCUT2D eigenvalue weighted by Gasteiger charge is 2.69. The predicted octanol–water partition coefficient (Wildman–Crippen LogP) is 3.90. The van der Waals surface area contributed by atoms with Crippen molar-refractivity contribution in [2.45, 2.75) is 31.5 Å². The van der Waals surface area contributed by atoms with Gasteiger partial charge in [0, 0.05) is 6.04 Å².